The average Bonchev–Trinajstić information content (AvgIpc) is 3.26. The largest absolute Gasteiger partial charge is 0.335 e. The van der Waals surface area contributed by atoms with Gasteiger partial charge in [0.25, 0.3) is 0 Å². The molecule has 3 amide bonds. The van der Waals surface area contributed by atoms with E-state index in [1.165, 1.54) is 0 Å². The number of urea groups is 1. The Morgan fingerprint density at radius 3 is 2.67 bits per heavy atom. The molecule has 1 aromatic carbocycles. The number of para-hydroxylation sites is 1. The van der Waals surface area contributed by atoms with Gasteiger partial charge in [0, 0.05) is 12.6 Å². The van der Waals surface area contributed by atoms with Crippen LogP contribution in [0.3, 0.4) is 0 Å². The molecular weight excluding hydrogens is 290 g/mol. The van der Waals surface area contributed by atoms with Crippen molar-refractivity contribution in [2.24, 2.45) is 0 Å². The Kier molecular flexibility index (Phi) is 4.01. The molecule has 2 aliphatic rings. The van der Waals surface area contributed by atoms with Crippen molar-refractivity contribution in [1.29, 1.82) is 0 Å². The van der Waals surface area contributed by atoms with Crippen molar-refractivity contribution in [2.45, 2.75) is 37.8 Å². The van der Waals surface area contributed by atoms with E-state index in [4.69, 9.17) is 11.6 Å². The van der Waals surface area contributed by atoms with E-state index in [1.54, 1.807) is 11.0 Å². The summed E-state index contributed by atoms with van der Waals surface area (Å²) in [5, 5.41) is 6.17. The van der Waals surface area contributed by atoms with Crippen LogP contribution in [-0.4, -0.2) is 30.6 Å². The van der Waals surface area contributed by atoms with Crippen LogP contribution in [0.25, 0.3) is 0 Å². The van der Waals surface area contributed by atoms with Crippen LogP contribution >= 0.6 is 11.6 Å². The van der Waals surface area contributed by atoms with Gasteiger partial charge in [0.2, 0.25) is 5.91 Å². The van der Waals surface area contributed by atoms with Crippen LogP contribution in [0.1, 0.15) is 25.7 Å². The van der Waals surface area contributed by atoms with Gasteiger partial charge in [0.05, 0.1) is 10.7 Å². The maximum Gasteiger partial charge on any atom is 0.315 e. The van der Waals surface area contributed by atoms with E-state index < -0.39 is 6.04 Å². The lowest BCUT2D eigenvalue weighted by Gasteiger charge is -2.33. The fraction of sp³-hybridized carbons (Fsp3) is 0.467. The Labute approximate surface area is 128 Å². The normalized spacial score (nSPS) is 22.0. The molecule has 0 bridgehead atoms. The molecule has 0 aromatic heterocycles. The van der Waals surface area contributed by atoms with Crippen molar-refractivity contribution in [3.63, 3.8) is 0 Å². The number of hydrogen-bond acceptors (Lipinski definition) is 2. The first kappa shape index (κ1) is 14.2. The second-order valence-corrected chi connectivity index (χ2v) is 5.94. The average molecular weight is 308 g/mol. The molecule has 1 heterocycles. The van der Waals surface area contributed by atoms with Gasteiger partial charge in [-0.05, 0) is 37.8 Å². The number of nitrogens with zero attached hydrogens (tertiary/aromatic N) is 1. The lowest BCUT2D eigenvalue weighted by Crippen LogP contribution is -2.54. The van der Waals surface area contributed by atoms with Gasteiger partial charge < -0.3 is 15.5 Å². The SMILES string of the molecule is O=C(NC1CC1)NC1CCCN(c2ccccc2Cl)C1=O. The highest BCUT2D eigenvalue weighted by Crippen LogP contribution is 2.28. The van der Waals surface area contributed by atoms with Crippen LogP contribution in [0.15, 0.2) is 24.3 Å². The molecule has 3 rings (SSSR count). The van der Waals surface area contributed by atoms with Gasteiger partial charge in [-0.2, -0.15) is 0 Å². The van der Waals surface area contributed by atoms with Gasteiger partial charge in [0.1, 0.15) is 6.04 Å². The minimum Gasteiger partial charge on any atom is -0.335 e. The Bertz CT molecular complexity index is 560. The number of carbonyl (C=O) groups excluding carboxylic acids is 2. The third kappa shape index (κ3) is 3.29. The fourth-order valence-electron chi connectivity index (χ4n) is 2.53. The summed E-state index contributed by atoms with van der Waals surface area (Å²) >= 11 is 6.16. The number of piperidine rings is 1. The van der Waals surface area contributed by atoms with Crippen LogP contribution in [0.2, 0.25) is 5.02 Å². The predicted octanol–water partition coefficient (Wildman–Crippen LogP) is 2.30. The molecule has 0 spiro atoms. The zero-order valence-corrected chi connectivity index (χ0v) is 12.4. The van der Waals surface area contributed by atoms with Gasteiger partial charge >= 0.3 is 6.03 Å². The van der Waals surface area contributed by atoms with Crippen LogP contribution in [-0.2, 0) is 4.79 Å². The summed E-state index contributed by atoms with van der Waals surface area (Å²) in [6, 6.07) is 6.83. The Hall–Kier alpha value is -1.75. The third-order valence-electron chi connectivity index (χ3n) is 3.80. The minimum absolute atomic E-state index is 0.0969. The summed E-state index contributed by atoms with van der Waals surface area (Å²) in [4.78, 5) is 26.0. The summed E-state index contributed by atoms with van der Waals surface area (Å²) in [7, 11) is 0. The zero-order valence-electron chi connectivity index (χ0n) is 11.6. The summed E-state index contributed by atoms with van der Waals surface area (Å²) in [6.07, 6.45) is 3.55. The van der Waals surface area contributed by atoms with Crippen LogP contribution in [0.4, 0.5) is 10.5 Å². The number of rotatable bonds is 3. The number of benzene rings is 1. The van der Waals surface area contributed by atoms with E-state index >= 15 is 0 Å². The van der Waals surface area contributed by atoms with Crippen molar-refractivity contribution in [1.82, 2.24) is 10.6 Å². The molecule has 0 radical (unpaired) electrons. The second kappa shape index (κ2) is 5.93. The molecule has 1 atom stereocenters. The predicted molar refractivity (Wildman–Crippen MR) is 81.5 cm³/mol. The van der Waals surface area contributed by atoms with Gasteiger partial charge in [-0.25, -0.2) is 4.79 Å². The monoisotopic (exact) mass is 307 g/mol. The number of hydrogen-bond donors (Lipinski definition) is 2. The van der Waals surface area contributed by atoms with Crippen LogP contribution in [0.5, 0.6) is 0 Å². The number of anilines is 1. The van der Waals surface area contributed by atoms with Gasteiger partial charge in [0.15, 0.2) is 0 Å². The molecule has 5 nitrogen and oxygen atoms in total. The zero-order chi connectivity index (χ0) is 14.8. The van der Waals surface area contributed by atoms with Crippen LogP contribution in [0, 0.1) is 0 Å². The highest BCUT2D eigenvalue weighted by molar-refractivity contribution is 6.33. The topological polar surface area (TPSA) is 61.4 Å². The summed E-state index contributed by atoms with van der Waals surface area (Å²) in [5.41, 5.74) is 0.707. The smallest absolute Gasteiger partial charge is 0.315 e. The molecule has 1 saturated heterocycles. The van der Waals surface area contributed by atoms with Crippen molar-refractivity contribution in [2.75, 3.05) is 11.4 Å². The van der Waals surface area contributed by atoms with E-state index in [9.17, 15) is 9.59 Å². The molecule has 2 N–H and O–H groups in total. The second-order valence-electron chi connectivity index (χ2n) is 5.53. The molecule has 1 aromatic rings. The highest BCUT2D eigenvalue weighted by atomic mass is 35.5. The summed E-state index contributed by atoms with van der Waals surface area (Å²) in [6.45, 7) is 0.630. The Balaban J connectivity index is 1.68. The molecule has 21 heavy (non-hydrogen) atoms. The maximum atomic E-state index is 12.5. The molecule has 1 saturated carbocycles. The molecule has 112 valence electrons. The molecule has 1 aliphatic heterocycles. The number of amides is 3. The first-order valence-corrected chi connectivity index (χ1v) is 7.66. The molecular formula is C15H18ClN3O2. The lowest BCUT2D eigenvalue weighted by atomic mass is 10.0. The van der Waals surface area contributed by atoms with Gasteiger partial charge in [-0.1, -0.05) is 23.7 Å². The Morgan fingerprint density at radius 2 is 1.95 bits per heavy atom. The number of halogens is 1. The van der Waals surface area contributed by atoms with Crippen LogP contribution < -0.4 is 15.5 Å². The first-order chi connectivity index (χ1) is 10.1. The third-order valence-corrected chi connectivity index (χ3v) is 4.12. The summed E-state index contributed by atoms with van der Waals surface area (Å²) < 4.78 is 0. The first-order valence-electron chi connectivity index (χ1n) is 7.28. The molecule has 1 aliphatic carbocycles. The van der Waals surface area contributed by atoms with E-state index in [0.717, 1.165) is 19.3 Å². The van der Waals surface area contributed by atoms with E-state index in [-0.39, 0.29) is 18.0 Å². The van der Waals surface area contributed by atoms with Crippen molar-refractivity contribution in [3.8, 4) is 0 Å². The van der Waals surface area contributed by atoms with Crippen molar-refractivity contribution in [3.05, 3.63) is 29.3 Å². The lowest BCUT2D eigenvalue weighted by molar-refractivity contribution is -0.121. The van der Waals surface area contributed by atoms with E-state index in [2.05, 4.69) is 10.6 Å². The van der Waals surface area contributed by atoms with Crippen molar-refractivity contribution >= 4 is 29.2 Å². The van der Waals surface area contributed by atoms with Gasteiger partial charge in [-0.15, -0.1) is 0 Å². The van der Waals surface area contributed by atoms with Gasteiger partial charge in [-0.3, -0.25) is 4.79 Å². The standard InChI is InChI=1S/C15H18ClN3O2/c16-11-4-1-2-6-13(11)19-9-3-5-12(14(19)20)18-15(21)17-10-7-8-10/h1-2,4,6,10,12H,3,5,7-9H2,(H2,17,18,21). The number of nitrogens with one attached hydrogen (secondary N) is 2. The maximum absolute atomic E-state index is 12.5. The molecule has 1 unspecified atom stereocenters. The number of carbonyl (C=O) groups is 2. The van der Waals surface area contributed by atoms with E-state index in [1.807, 2.05) is 18.2 Å². The fourth-order valence-corrected chi connectivity index (χ4v) is 2.77. The minimum atomic E-state index is -0.478. The van der Waals surface area contributed by atoms with E-state index in [0.29, 0.717) is 23.7 Å². The summed E-state index contributed by atoms with van der Waals surface area (Å²) in [5.74, 6) is -0.0969. The molecule has 2 fully saturated rings. The molecule has 6 heteroatoms. The quantitative estimate of drug-likeness (QED) is 0.900. The van der Waals surface area contributed by atoms with Crippen molar-refractivity contribution < 1.29 is 9.59 Å². The highest BCUT2D eigenvalue weighted by Gasteiger charge is 2.32. The Morgan fingerprint density at radius 1 is 1.19 bits per heavy atom.